The van der Waals surface area contributed by atoms with Crippen LogP contribution in [0.4, 0.5) is 4.39 Å². The maximum Gasteiger partial charge on any atom is 0.340 e. The Bertz CT molecular complexity index is 925. The smallest absolute Gasteiger partial charge is 0.340 e. The standard InChI is InChI=1S/C19H20FNO5S/c1-3-27(24,25)17-7-5-4-6-16(17)19(23)26-13(2)18(22)21-12-14-8-10-15(20)11-9-14/h4-11,13H,3,12H2,1-2H3,(H,21,22)/t13-/m0/s1. The van der Waals surface area contributed by atoms with Gasteiger partial charge in [-0.15, -0.1) is 0 Å². The lowest BCUT2D eigenvalue weighted by Gasteiger charge is -2.15. The minimum absolute atomic E-state index is 0.113. The van der Waals surface area contributed by atoms with E-state index in [1.165, 1.54) is 62.4 Å². The molecule has 0 aromatic heterocycles. The van der Waals surface area contributed by atoms with E-state index in [4.69, 9.17) is 4.74 Å². The number of amides is 1. The summed E-state index contributed by atoms with van der Waals surface area (Å²) in [6.07, 6.45) is -1.13. The number of nitrogens with one attached hydrogen (secondary N) is 1. The van der Waals surface area contributed by atoms with Crippen LogP contribution in [-0.4, -0.2) is 32.2 Å². The number of rotatable bonds is 7. The van der Waals surface area contributed by atoms with Crippen molar-refractivity contribution in [2.75, 3.05) is 5.75 Å². The van der Waals surface area contributed by atoms with Gasteiger partial charge in [-0.1, -0.05) is 31.2 Å². The molecule has 0 aliphatic carbocycles. The molecule has 1 amide bonds. The highest BCUT2D eigenvalue weighted by molar-refractivity contribution is 7.91. The summed E-state index contributed by atoms with van der Waals surface area (Å²) in [6, 6.07) is 11.3. The Morgan fingerprint density at radius 2 is 1.74 bits per heavy atom. The predicted octanol–water partition coefficient (Wildman–Crippen LogP) is 2.48. The molecular formula is C19H20FNO5S. The molecule has 0 saturated carbocycles. The van der Waals surface area contributed by atoms with Crippen molar-refractivity contribution in [2.24, 2.45) is 0 Å². The van der Waals surface area contributed by atoms with Crippen LogP contribution in [0, 0.1) is 5.82 Å². The number of hydrogen-bond acceptors (Lipinski definition) is 5. The first-order chi connectivity index (χ1) is 12.7. The number of carbonyl (C=O) groups excluding carboxylic acids is 2. The fourth-order valence-corrected chi connectivity index (χ4v) is 3.36. The average molecular weight is 393 g/mol. The molecule has 1 atom stereocenters. The first kappa shape index (κ1) is 20.6. The van der Waals surface area contributed by atoms with Crippen molar-refractivity contribution in [1.82, 2.24) is 5.32 Å². The fraction of sp³-hybridized carbons (Fsp3) is 0.263. The fourth-order valence-electron chi connectivity index (χ4n) is 2.27. The van der Waals surface area contributed by atoms with Gasteiger partial charge in [-0.05, 0) is 36.8 Å². The zero-order chi connectivity index (χ0) is 20.0. The van der Waals surface area contributed by atoms with Crippen molar-refractivity contribution in [3.8, 4) is 0 Å². The van der Waals surface area contributed by atoms with Gasteiger partial charge >= 0.3 is 5.97 Å². The maximum atomic E-state index is 12.9. The van der Waals surface area contributed by atoms with Crippen LogP contribution < -0.4 is 5.32 Å². The quantitative estimate of drug-likeness (QED) is 0.730. The molecule has 8 heteroatoms. The summed E-state index contributed by atoms with van der Waals surface area (Å²) in [4.78, 5) is 24.3. The van der Waals surface area contributed by atoms with E-state index in [1.54, 1.807) is 0 Å². The molecule has 0 heterocycles. The molecule has 0 aliphatic heterocycles. The Morgan fingerprint density at radius 1 is 1.11 bits per heavy atom. The first-order valence-corrected chi connectivity index (χ1v) is 9.94. The molecule has 6 nitrogen and oxygen atoms in total. The van der Waals surface area contributed by atoms with Crippen molar-refractivity contribution in [1.29, 1.82) is 0 Å². The summed E-state index contributed by atoms with van der Waals surface area (Å²) >= 11 is 0. The van der Waals surface area contributed by atoms with Gasteiger partial charge in [0.15, 0.2) is 15.9 Å². The molecule has 0 aliphatic rings. The number of halogens is 1. The summed E-state index contributed by atoms with van der Waals surface area (Å²) in [7, 11) is -3.61. The normalized spacial score (nSPS) is 12.3. The van der Waals surface area contributed by atoms with Crippen LogP contribution in [0.3, 0.4) is 0 Å². The zero-order valence-corrected chi connectivity index (χ0v) is 15.8. The zero-order valence-electron chi connectivity index (χ0n) is 14.9. The van der Waals surface area contributed by atoms with Crippen LogP contribution in [0.15, 0.2) is 53.4 Å². The van der Waals surface area contributed by atoms with E-state index in [0.29, 0.717) is 5.56 Å². The number of sulfone groups is 1. The van der Waals surface area contributed by atoms with Gasteiger partial charge in [-0.25, -0.2) is 17.6 Å². The number of benzene rings is 2. The molecule has 27 heavy (non-hydrogen) atoms. The summed E-state index contributed by atoms with van der Waals surface area (Å²) in [5.41, 5.74) is 0.570. The summed E-state index contributed by atoms with van der Waals surface area (Å²) < 4.78 is 42.2. The van der Waals surface area contributed by atoms with Gasteiger partial charge in [0.2, 0.25) is 0 Å². The van der Waals surface area contributed by atoms with Gasteiger partial charge in [-0.2, -0.15) is 0 Å². The van der Waals surface area contributed by atoms with E-state index in [2.05, 4.69) is 5.32 Å². The molecule has 0 unspecified atom stereocenters. The SMILES string of the molecule is CCS(=O)(=O)c1ccccc1C(=O)O[C@@H](C)C(=O)NCc1ccc(F)cc1. The average Bonchev–Trinajstić information content (AvgIpc) is 2.67. The van der Waals surface area contributed by atoms with Crippen molar-refractivity contribution < 1.29 is 27.1 Å². The lowest BCUT2D eigenvalue weighted by Crippen LogP contribution is -2.35. The maximum absolute atomic E-state index is 12.9. The van der Waals surface area contributed by atoms with E-state index in [0.717, 1.165) is 0 Å². The van der Waals surface area contributed by atoms with E-state index in [-0.39, 0.29) is 28.6 Å². The Kier molecular flexibility index (Phi) is 6.68. The lowest BCUT2D eigenvalue weighted by molar-refractivity contribution is -0.129. The molecule has 0 saturated heterocycles. The van der Waals surface area contributed by atoms with Crippen molar-refractivity contribution >= 4 is 21.7 Å². The molecule has 1 N–H and O–H groups in total. The monoisotopic (exact) mass is 393 g/mol. The van der Waals surface area contributed by atoms with Gasteiger partial charge in [0, 0.05) is 6.54 Å². The Morgan fingerprint density at radius 3 is 2.37 bits per heavy atom. The highest BCUT2D eigenvalue weighted by Crippen LogP contribution is 2.18. The van der Waals surface area contributed by atoms with Crippen LogP contribution in [0.2, 0.25) is 0 Å². The molecule has 0 fully saturated rings. The van der Waals surface area contributed by atoms with Gasteiger partial charge in [0.1, 0.15) is 5.82 Å². The van der Waals surface area contributed by atoms with Crippen molar-refractivity contribution in [2.45, 2.75) is 31.4 Å². The van der Waals surface area contributed by atoms with Crippen LogP contribution >= 0.6 is 0 Å². The van der Waals surface area contributed by atoms with E-state index < -0.39 is 27.8 Å². The number of esters is 1. The molecule has 0 bridgehead atoms. The molecule has 0 spiro atoms. The molecule has 2 aromatic rings. The first-order valence-electron chi connectivity index (χ1n) is 8.29. The Balaban J connectivity index is 2.03. The molecular weight excluding hydrogens is 373 g/mol. The van der Waals surface area contributed by atoms with Gasteiger partial charge in [-0.3, -0.25) is 4.79 Å². The Labute approximate surface area is 157 Å². The van der Waals surface area contributed by atoms with Crippen LogP contribution in [0.25, 0.3) is 0 Å². The number of hydrogen-bond donors (Lipinski definition) is 1. The second-order valence-electron chi connectivity index (χ2n) is 5.79. The van der Waals surface area contributed by atoms with E-state index in [9.17, 15) is 22.4 Å². The van der Waals surface area contributed by atoms with Crippen LogP contribution in [0.1, 0.15) is 29.8 Å². The predicted molar refractivity (Wildman–Crippen MR) is 97.3 cm³/mol. The minimum Gasteiger partial charge on any atom is -0.449 e. The second kappa shape index (κ2) is 8.77. The van der Waals surface area contributed by atoms with Crippen molar-refractivity contribution in [3.63, 3.8) is 0 Å². The van der Waals surface area contributed by atoms with Gasteiger partial charge in [0.25, 0.3) is 5.91 Å². The highest BCUT2D eigenvalue weighted by atomic mass is 32.2. The van der Waals surface area contributed by atoms with Gasteiger partial charge in [0.05, 0.1) is 16.2 Å². The third-order valence-corrected chi connectivity index (χ3v) is 5.64. The van der Waals surface area contributed by atoms with Crippen molar-refractivity contribution in [3.05, 3.63) is 65.5 Å². The van der Waals surface area contributed by atoms with Gasteiger partial charge < -0.3 is 10.1 Å². The van der Waals surface area contributed by atoms with E-state index >= 15 is 0 Å². The molecule has 0 radical (unpaired) electrons. The Hall–Kier alpha value is -2.74. The van der Waals surface area contributed by atoms with Crippen LogP contribution in [0.5, 0.6) is 0 Å². The third kappa shape index (κ3) is 5.37. The number of carbonyl (C=O) groups is 2. The second-order valence-corrected chi connectivity index (χ2v) is 8.04. The molecule has 2 aromatic carbocycles. The highest BCUT2D eigenvalue weighted by Gasteiger charge is 2.24. The molecule has 144 valence electrons. The topological polar surface area (TPSA) is 89.5 Å². The summed E-state index contributed by atoms with van der Waals surface area (Å²) in [6.45, 7) is 3.00. The lowest BCUT2D eigenvalue weighted by atomic mass is 10.2. The molecule has 2 rings (SSSR count). The third-order valence-electron chi connectivity index (χ3n) is 3.86. The number of ether oxygens (including phenoxy) is 1. The summed E-state index contributed by atoms with van der Waals surface area (Å²) in [5, 5.41) is 2.57. The summed E-state index contributed by atoms with van der Waals surface area (Å²) in [5.74, 6) is -1.99. The van der Waals surface area contributed by atoms with Crippen LogP contribution in [-0.2, 0) is 25.9 Å². The largest absolute Gasteiger partial charge is 0.449 e. The van der Waals surface area contributed by atoms with E-state index in [1.807, 2.05) is 0 Å². The minimum atomic E-state index is -3.61.